The van der Waals surface area contributed by atoms with Gasteiger partial charge in [-0.3, -0.25) is 9.48 Å². The summed E-state index contributed by atoms with van der Waals surface area (Å²) in [4.78, 5) is 22.7. The van der Waals surface area contributed by atoms with E-state index in [0.29, 0.717) is 6.54 Å². The van der Waals surface area contributed by atoms with Gasteiger partial charge in [-0.15, -0.1) is 0 Å². The number of nitrogens with zero attached hydrogens (tertiary/aromatic N) is 2. The molecular formula is C13H21N3O4. The predicted molar refractivity (Wildman–Crippen MR) is 72.4 cm³/mol. The first-order valence-electron chi connectivity index (χ1n) is 6.46. The molecule has 0 aliphatic heterocycles. The van der Waals surface area contributed by atoms with Crippen molar-refractivity contribution in [3.63, 3.8) is 0 Å². The summed E-state index contributed by atoms with van der Waals surface area (Å²) in [5.74, 6) is -1.36. The maximum Gasteiger partial charge on any atom is 0.326 e. The number of hydrogen-bond donors (Lipinski definition) is 2. The molecule has 1 amide bonds. The third-order valence-electron chi connectivity index (χ3n) is 2.90. The van der Waals surface area contributed by atoms with Crippen LogP contribution in [0, 0.1) is 13.8 Å². The fraction of sp³-hybridized carbons (Fsp3) is 0.615. The molecule has 0 radical (unpaired) electrons. The van der Waals surface area contributed by atoms with Crippen LogP contribution in [0.15, 0.2) is 6.07 Å². The molecule has 0 aliphatic carbocycles. The lowest BCUT2D eigenvalue weighted by Gasteiger charge is -2.14. The second-order valence-corrected chi connectivity index (χ2v) is 4.64. The number of hydrogen-bond acceptors (Lipinski definition) is 4. The average molecular weight is 283 g/mol. The normalized spacial score (nSPS) is 12.2. The topological polar surface area (TPSA) is 93.5 Å². The van der Waals surface area contributed by atoms with Gasteiger partial charge in [0.1, 0.15) is 6.04 Å². The summed E-state index contributed by atoms with van der Waals surface area (Å²) in [6.07, 6.45) is 0.441. The highest BCUT2D eigenvalue weighted by Crippen LogP contribution is 2.03. The molecule has 7 nitrogen and oxygen atoms in total. The number of aryl methyl sites for hydroxylation is 3. The van der Waals surface area contributed by atoms with E-state index in [0.717, 1.165) is 11.4 Å². The zero-order valence-electron chi connectivity index (χ0n) is 12.0. The summed E-state index contributed by atoms with van der Waals surface area (Å²) in [6, 6.07) is 1.01. The van der Waals surface area contributed by atoms with Crippen molar-refractivity contribution >= 4 is 11.9 Å². The van der Waals surface area contributed by atoms with E-state index in [4.69, 9.17) is 9.84 Å². The SMILES string of the molecule is COCCC(NC(=O)CCn1nc(C)cc1C)C(=O)O. The number of carbonyl (C=O) groups excluding carboxylic acids is 1. The molecule has 0 aliphatic rings. The molecule has 1 aromatic heterocycles. The molecule has 0 saturated carbocycles. The molecule has 0 saturated heterocycles. The van der Waals surface area contributed by atoms with E-state index in [9.17, 15) is 9.59 Å². The van der Waals surface area contributed by atoms with Gasteiger partial charge in [0.25, 0.3) is 0 Å². The van der Waals surface area contributed by atoms with Crippen molar-refractivity contribution in [1.82, 2.24) is 15.1 Å². The van der Waals surface area contributed by atoms with Gasteiger partial charge in [-0.2, -0.15) is 5.10 Å². The number of nitrogens with one attached hydrogen (secondary N) is 1. The van der Waals surface area contributed by atoms with Crippen molar-refractivity contribution in [2.24, 2.45) is 0 Å². The van der Waals surface area contributed by atoms with E-state index < -0.39 is 12.0 Å². The van der Waals surface area contributed by atoms with Crippen LogP contribution in [0.3, 0.4) is 0 Å². The number of carboxylic acid groups (broad SMARTS) is 1. The quantitative estimate of drug-likeness (QED) is 0.724. The van der Waals surface area contributed by atoms with Gasteiger partial charge in [0.2, 0.25) is 5.91 Å². The zero-order valence-corrected chi connectivity index (χ0v) is 12.0. The number of carboxylic acids is 1. The lowest BCUT2D eigenvalue weighted by Crippen LogP contribution is -2.41. The lowest BCUT2D eigenvalue weighted by atomic mass is 10.2. The first-order valence-corrected chi connectivity index (χ1v) is 6.46. The van der Waals surface area contributed by atoms with E-state index in [2.05, 4.69) is 10.4 Å². The van der Waals surface area contributed by atoms with E-state index in [1.807, 2.05) is 19.9 Å². The highest BCUT2D eigenvalue weighted by atomic mass is 16.5. The first kappa shape index (κ1) is 16.2. The molecule has 0 fully saturated rings. The highest BCUT2D eigenvalue weighted by Gasteiger charge is 2.19. The summed E-state index contributed by atoms with van der Waals surface area (Å²) >= 11 is 0. The minimum Gasteiger partial charge on any atom is -0.480 e. The van der Waals surface area contributed by atoms with Crippen LogP contribution >= 0.6 is 0 Å². The number of carbonyl (C=O) groups is 2. The Bertz CT molecular complexity index is 470. The molecule has 112 valence electrons. The smallest absolute Gasteiger partial charge is 0.326 e. The van der Waals surface area contributed by atoms with Crippen LogP contribution in [0.1, 0.15) is 24.2 Å². The standard InChI is InChI=1S/C13H21N3O4/c1-9-8-10(2)16(15-9)6-4-12(17)14-11(13(18)19)5-7-20-3/h8,11H,4-7H2,1-3H3,(H,14,17)(H,18,19). The summed E-state index contributed by atoms with van der Waals surface area (Å²) < 4.78 is 6.56. The van der Waals surface area contributed by atoms with Gasteiger partial charge in [0, 0.05) is 38.8 Å². The molecule has 0 aromatic carbocycles. The molecule has 1 atom stereocenters. The van der Waals surface area contributed by atoms with Crippen LogP contribution in [0.5, 0.6) is 0 Å². The number of aliphatic carboxylic acids is 1. The van der Waals surface area contributed by atoms with Gasteiger partial charge in [0.15, 0.2) is 0 Å². The fourth-order valence-corrected chi connectivity index (χ4v) is 1.87. The molecule has 20 heavy (non-hydrogen) atoms. The highest BCUT2D eigenvalue weighted by molar-refractivity contribution is 5.83. The van der Waals surface area contributed by atoms with Crippen LogP contribution in [-0.2, 0) is 20.9 Å². The number of methoxy groups -OCH3 is 1. The number of rotatable bonds is 8. The van der Waals surface area contributed by atoms with Crippen molar-refractivity contribution in [3.05, 3.63) is 17.5 Å². The molecule has 0 bridgehead atoms. The molecule has 1 aromatic rings. The maximum atomic E-state index is 11.8. The van der Waals surface area contributed by atoms with Gasteiger partial charge in [-0.1, -0.05) is 0 Å². The van der Waals surface area contributed by atoms with Crippen LogP contribution in [0.4, 0.5) is 0 Å². The van der Waals surface area contributed by atoms with Crippen LogP contribution in [0.25, 0.3) is 0 Å². The lowest BCUT2D eigenvalue weighted by molar-refractivity contribution is -0.142. The first-order chi connectivity index (χ1) is 9.43. The molecule has 1 unspecified atom stereocenters. The van der Waals surface area contributed by atoms with Crippen LogP contribution in [0.2, 0.25) is 0 Å². The van der Waals surface area contributed by atoms with Crippen molar-refractivity contribution in [2.75, 3.05) is 13.7 Å². The number of amides is 1. The third kappa shape index (κ3) is 5.00. The Balaban J connectivity index is 2.45. The monoisotopic (exact) mass is 283 g/mol. The average Bonchev–Trinajstić information content (AvgIpc) is 2.70. The summed E-state index contributed by atoms with van der Waals surface area (Å²) in [5, 5.41) is 15.7. The Morgan fingerprint density at radius 2 is 2.20 bits per heavy atom. The third-order valence-corrected chi connectivity index (χ3v) is 2.90. The van der Waals surface area contributed by atoms with Crippen molar-refractivity contribution in [1.29, 1.82) is 0 Å². The Hall–Kier alpha value is -1.89. The van der Waals surface area contributed by atoms with Gasteiger partial charge >= 0.3 is 5.97 Å². The summed E-state index contributed by atoms with van der Waals surface area (Å²) in [7, 11) is 1.49. The van der Waals surface area contributed by atoms with Crippen LogP contribution in [-0.4, -0.2) is 46.5 Å². The Morgan fingerprint density at radius 3 is 2.70 bits per heavy atom. The van der Waals surface area contributed by atoms with Gasteiger partial charge in [0.05, 0.1) is 5.69 Å². The van der Waals surface area contributed by atoms with E-state index >= 15 is 0 Å². The van der Waals surface area contributed by atoms with Crippen molar-refractivity contribution < 1.29 is 19.4 Å². The molecule has 0 spiro atoms. The largest absolute Gasteiger partial charge is 0.480 e. The Labute approximate surface area is 117 Å². The van der Waals surface area contributed by atoms with Crippen LogP contribution < -0.4 is 5.32 Å². The second-order valence-electron chi connectivity index (χ2n) is 4.64. The molecule has 1 heterocycles. The van der Waals surface area contributed by atoms with E-state index in [1.165, 1.54) is 7.11 Å². The summed E-state index contributed by atoms with van der Waals surface area (Å²) in [5.41, 5.74) is 1.87. The second kappa shape index (κ2) is 7.64. The molecule has 1 rings (SSSR count). The maximum absolute atomic E-state index is 11.8. The molecule has 7 heteroatoms. The van der Waals surface area contributed by atoms with Gasteiger partial charge < -0.3 is 15.2 Å². The number of ether oxygens (including phenoxy) is 1. The fourth-order valence-electron chi connectivity index (χ4n) is 1.87. The minimum atomic E-state index is -1.05. The van der Waals surface area contributed by atoms with E-state index in [-0.39, 0.29) is 25.4 Å². The van der Waals surface area contributed by atoms with Gasteiger partial charge in [-0.05, 0) is 19.9 Å². The molecule has 2 N–H and O–H groups in total. The van der Waals surface area contributed by atoms with E-state index in [1.54, 1.807) is 4.68 Å². The summed E-state index contributed by atoms with van der Waals surface area (Å²) in [6.45, 7) is 4.52. The minimum absolute atomic E-state index is 0.193. The Kier molecular flexibility index (Phi) is 6.17. The van der Waals surface area contributed by atoms with Crippen molar-refractivity contribution in [2.45, 2.75) is 39.3 Å². The van der Waals surface area contributed by atoms with Crippen molar-refractivity contribution in [3.8, 4) is 0 Å². The Morgan fingerprint density at radius 1 is 1.50 bits per heavy atom. The number of aromatic nitrogens is 2. The zero-order chi connectivity index (χ0) is 15.1. The van der Waals surface area contributed by atoms with Gasteiger partial charge in [-0.25, -0.2) is 4.79 Å². The molecular weight excluding hydrogens is 262 g/mol. The predicted octanol–water partition coefficient (Wildman–Crippen LogP) is 0.496.